The van der Waals surface area contributed by atoms with Gasteiger partial charge in [0.1, 0.15) is 12.1 Å². The summed E-state index contributed by atoms with van der Waals surface area (Å²) in [5, 5.41) is 15.3. The summed E-state index contributed by atoms with van der Waals surface area (Å²) >= 11 is 0. The molecule has 0 spiro atoms. The number of aromatic nitrogens is 4. The second-order valence-electron chi connectivity index (χ2n) is 5.00. The van der Waals surface area contributed by atoms with Crippen LogP contribution in [0.4, 0.5) is 5.69 Å². The average molecular weight is 283 g/mol. The van der Waals surface area contributed by atoms with Gasteiger partial charge in [-0.2, -0.15) is 0 Å². The monoisotopic (exact) mass is 283 g/mol. The van der Waals surface area contributed by atoms with E-state index in [0.29, 0.717) is 6.54 Å². The Bertz CT molecular complexity index is 722. The fraction of sp³-hybridized carbons (Fsp3) is 0.267. The number of hydrogen-bond donors (Lipinski definition) is 1. The summed E-state index contributed by atoms with van der Waals surface area (Å²) in [6, 6.07) is 8.11. The maximum Gasteiger partial charge on any atom is 0.163 e. The second-order valence-corrected chi connectivity index (χ2v) is 5.00. The molecule has 0 aliphatic heterocycles. The lowest BCUT2D eigenvalue weighted by Crippen LogP contribution is -2.01. The van der Waals surface area contributed by atoms with E-state index in [0.717, 1.165) is 34.1 Å². The van der Waals surface area contributed by atoms with Crippen molar-refractivity contribution < 1.29 is 4.52 Å². The maximum absolute atomic E-state index is 5.16. The first-order valence-corrected chi connectivity index (χ1v) is 6.75. The van der Waals surface area contributed by atoms with E-state index in [2.05, 4.69) is 20.7 Å². The van der Waals surface area contributed by atoms with Crippen molar-refractivity contribution in [2.45, 2.75) is 20.4 Å². The molecular formula is C15H17N5O. The van der Waals surface area contributed by atoms with E-state index in [1.54, 1.807) is 6.33 Å². The highest BCUT2D eigenvalue weighted by atomic mass is 16.5. The van der Waals surface area contributed by atoms with Crippen molar-refractivity contribution in [3.8, 4) is 11.4 Å². The van der Waals surface area contributed by atoms with Gasteiger partial charge >= 0.3 is 0 Å². The average Bonchev–Trinajstić information content (AvgIpc) is 3.04. The van der Waals surface area contributed by atoms with E-state index in [-0.39, 0.29) is 0 Å². The van der Waals surface area contributed by atoms with Crippen molar-refractivity contribution >= 4 is 5.69 Å². The van der Waals surface area contributed by atoms with E-state index in [4.69, 9.17) is 4.52 Å². The predicted molar refractivity (Wildman–Crippen MR) is 79.7 cm³/mol. The lowest BCUT2D eigenvalue weighted by Gasteiger charge is -2.07. The summed E-state index contributed by atoms with van der Waals surface area (Å²) in [7, 11) is 1.93. The number of nitrogens with one attached hydrogen (secondary N) is 1. The van der Waals surface area contributed by atoms with Crippen molar-refractivity contribution in [1.82, 2.24) is 19.9 Å². The van der Waals surface area contributed by atoms with Gasteiger partial charge in [0.25, 0.3) is 0 Å². The molecule has 2 heterocycles. The zero-order valence-electron chi connectivity index (χ0n) is 12.3. The minimum Gasteiger partial charge on any atom is -0.381 e. The Kier molecular flexibility index (Phi) is 3.43. The number of anilines is 1. The first kappa shape index (κ1) is 13.4. The summed E-state index contributed by atoms with van der Waals surface area (Å²) in [6.45, 7) is 4.57. The van der Waals surface area contributed by atoms with Gasteiger partial charge in [0.15, 0.2) is 5.82 Å². The third-order valence-electron chi connectivity index (χ3n) is 3.50. The van der Waals surface area contributed by atoms with Gasteiger partial charge in [-0.05, 0) is 38.1 Å². The van der Waals surface area contributed by atoms with Gasteiger partial charge in [0.05, 0.1) is 5.69 Å². The zero-order chi connectivity index (χ0) is 14.8. The molecule has 2 aromatic heterocycles. The number of benzene rings is 1. The number of nitrogens with zero attached hydrogens (tertiary/aromatic N) is 4. The minimum absolute atomic E-state index is 0.699. The number of hydrogen-bond acceptors (Lipinski definition) is 5. The molecule has 0 bridgehead atoms. The van der Waals surface area contributed by atoms with Crippen LogP contribution in [-0.4, -0.2) is 19.9 Å². The molecular weight excluding hydrogens is 266 g/mol. The topological polar surface area (TPSA) is 68.8 Å². The van der Waals surface area contributed by atoms with Crippen LogP contribution in [0.1, 0.15) is 17.0 Å². The maximum atomic E-state index is 5.16. The van der Waals surface area contributed by atoms with E-state index in [9.17, 15) is 0 Å². The molecule has 21 heavy (non-hydrogen) atoms. The van der Waals surface area contributed by atoms with Crippen LogP contribution in [0.2, 0.25) is 0 Å². The van der Waals surface area contributed by atoms with Crippen molar-refractivity contribution in [2.24, 2.45) is 7.05 Å². The second kappa shape index (κ2) is 5.40. The van der Waals surface area contributed by atoms with Gasteiger partial charge in [-0.3, -0.25) is 0 Å². The molecule has 0 atom stereocenters. The molecule has 3 aromatic rings. The van der Waals surface area contributed by atoms with Gasteiger partial charge in [0.2, 0.25) is 0 Å². The van der Waals surface area contributed by atoms with Crippen molar-refractivity contribution in [1.29, 1.82) is 0 Å². The lowest BCUT2D eigenvalue weighted by molar-refractivity contribution is 0.392. The summed E-state index contributed by atoms with van der Waals surface area (Å²) in [4.78, 5) is 0. The SMILES string of the molecule is Cc1noc(C)c1CNc1ccc(-c2nncn2C)cc1. The first-order valence-electron chi connectivity index (χ1n) is 6.75. The van der Waals surface area contributed by atoms with E-state index < -0.39 is 0 Å². The fourth-order valence-electron chi connectivity index (χ4n) is 2.23. The van der Waals surface area contributed by atoms with Crippen LogP contribution in [0.25, 0.3) is 11.4 Å². The van der Waals surface area contributed by atoms with Gasteiger partial charge in [-0.25, -0.2) is 0 Å². The van der Waals surface area contributed by atoms with Crippen molar-refractivity contribution in [3.63, 3.8) is 0 Å². The standard InChI is InChI=1S/C15H17N5O/c1-10-14(11(2)21-19-10)8-16-13-6-4-12(5-7-13)15-18-17-9-20(15)3/h4-7,9,16H,8H2,1-3H3. The smallest absolute Gasteiger partial charge is 0.163 e. The Labute approximate surface area is 122 Å². The highest BCUT2D eigenvalue weighted by Crippen LogP contribution is 2.20. The van der Waals surface area contributed by atoms with E-state index >= 15 is 0 Å². The minimum atomic E-state index is 0.699. The summed E-state index contributed by atoms with van der Waals surface area (Å²) in [6.07, 6.45) is 1.69. The van der Waals surface area contributed by atoms with Crippen molar-refractivity contribution in [3.05, 3.63) is 47.6 Å². The van der Waals surface area contributed by atoms with Crippen LogP contribution >= 0.6 is 0 Å². The molecule has 0 fully saturated rings. The van der Waals surface area contributed by atoms with Crippen LogP contribution in [0.5, 0.6) is 0 Å². The van der Waals surface area contributed by atoms with Gasteiger partial charge in [-0.1, -0.05) is 5.16 Å². The Morgan fingerprint density at radius 2 is 1.95 bits per heavy atom. The van der Waals surface area contributed by atoms with Gasteiger partial charge < -0.3 is 14.4 Å². The van der Waals surface area contributed by atoms with E-state index in [1.807, 2.05) is 49.7 Å². The first-order chi connectivity index (χ1) is 10.1. The molecule has 6 heteroatoms. The molecule has 0 aliphatic rings. The van der Waals surface area contributed by atoms with Crippen LogP contribution in [0.3, 0.4) is 0 Å². The molecule has 108 valence electrons. The highest BCUT2D eigenvalue weighted by molar-refractivity contribution is 5.59. The summed E-state index contributed by atoms with van der Waals surface area (Å²) in [5.41, 5.74) is 4.11. The fourth-order valence-corrected chi connectivity index (χ4v) is 2.23. The largest absolute Gasteiger partial charge is 0.381 e. The Morgan fingerprint density at radius 1 is 1.19 bits per heavy atom. The molecule has 0 amide bonds. The quantitative estimate of drug-likeness (QED) is 0.797. The van der Waals surface area contributed by atoms with Crippen molar-refractivity contribution in [2.75, 3.05) is 5.32 Å². The van der Waals surface area contributed by atoms with Crippen LogP contribution in [0.15, 0.2) is 35.1 Å². The number of aryl methyl sites for hydroxylation is 3. The van der Waals surface area contributed by atoms with Crippen LogP contribution in [-0.2, 0) is 13.6 Å². The van der Waals surface area contributed by atoms with Gasteiger partial charge in [-0.15, -0.1) is 10.2 Å². The zero-order valence-corrected chi connectivity index (χ0v) is 12.3. The Hall–Kier alpha value is -2.63. The molecule has 0 radical (unpaired) electrons. The molecule has 3 rings (SSSR count). The highest BCUT2D eigenvalue weighted by Gasteiger charge is 2.08. The number of rotatable bonds is 4. The molecule has 1 aromatic carbocycles. The molecule has 0 aliphatic carbocycles. The Morgan fingerprint density at radius 3 is 2.52 bits per heavy atom. The molecule has 1 N–H and O–H groups in total. The predicted octanol–water partition coefficient (Wildman–Crippen LogP) is 2.70. The van der Waals surface area contributed by atoms with Gasteiger partial charge in [0, 0.05) is 30.4 Å². The van der Waals surface area contributed by atoms with Crippen LogP contribution in [0, 0.1) is 13.8 Å². The Balaban J connectivity index is 1.72. The lowest BCUT2D eigenvalue weighted by atomic mass is 10.1. The van der Waals surface area contributed by atoms with E-state index in [1.165, 1.54) is 0 Å². The third kappa shape index (κ3) is 2.65. The van der Waals surface area contributed by atoms with Crippen LogP contribution < -0.4 is 5.32 Å². The summed E-state index contributed by atoms with van der Waals surface area (Å²) < 4.78 is 7.05. The third-order valence-corrected chi connectivity index (χ3v) is 3.50. The summed E-state index contributed by atoms with van der Waals surface area (Å²) in [5.74, 6) is 1.71. The molecule has 0 unspecified atom stereocenters. The molecule has 6 nitrogen and oxygen atoms in total. The molecule has 0 saturated heterocycles. The molecule has 0 saturated carbocycles. The normalized spacial score (nSPS) is 10.8.